The number of amides is 2. The highest BCUT2D eigenvalue weighted by atomic mass is 35.5. The zero-order valence-corrected chi connectivity index (χ0v) is 25.1. The van der Waals surface area contributed by atoms with Crippen molar-refractivity contribution in [2.75, 3.05) is 30.4 Å². The molecule has 2 amide bonds. The number of hydrogen-bond acceptors (Lipinski definition) is 6. The van der Waals surface area contributed by atoms with E-state index in [1.807, 2.05) is 37.3 Å². The molecule has 4 aromatic carbocycles. The first-order chi connectivity index (χ1) is 20.5. The van der Waals surface area contributed by atoms with Gasteiger partial charge in [-0.05, 0) is 55.0 Å². The molecule has 0 fully saturated rings. The quantitative estimate of drug-likeness (QED) is 0.217. The molecule has 0 bridgehead atoms. The van der Waals surface area contributed by atoms with Crippen molar-refractivity contribution in [1.29, 1.82) is 0 Å². The summed E-state index contributed by atoms with van der Waals surface area (Å²) in [7, 11) is -1.66. The minimum absolute atomic E-state index is 0.0564. The number of halogens is 2. The maximum atomic E-state index is 14.0. The summed E-state index contributed by atoms with van der Waals surface area (Å²) in [5, 5.41) is 5.21. The highest BCUT2D eigenvalue weighted by molar-refractivity contribution is 7.92. The molecule has 4 aromatic rings. The number of ether oxygens (including phenoxy) is 2. The molecule has 0 aliphatic heterocycles. The van der Waals surface area contributed by atoms with E-state index in [2.05, 4.69) is 10.6 Å². The van der Waals surface area contributed by atoms with Crippen LogP contribution >= 0.6 is 11.6 Å². The topological polar surface area (TPSA) is 114 Å². The molecule has 43 heavy (non-hydrogen) atoms. The first kappa shape index (κ1) is 31.3. The maximum absolute atomic E-state index is 14.0. The third kappa shape index (κ3) is 7.25. The van der Waals surface area contributed by atoms with Crippen LogP contribution in [-0.4, -0.2) is 41.0 Å². The van der Waals surface area contributed by atoms with E-state index in [1.165, 1.54) is 44.6 Å². The van der Waals surface area contributed by atoms with Crippen LogP contribution in [0.15, 0.2) is 95.9 Å². The van der Waals surface area contributed by atoms with Gasteiger partial charge in [-0.2, -0.15) is 0 Å². The lowest BCUT2D eigenvalue weighted by atomic mass is 10.1. The minimum atomic E-state index is -4.43. The van der Waals surface area contributed by atoms with E-state index in [0.717, 1.165) is 22.0 Å². The average molecular weight is 626 g/mol. The van der Waals surface area contributed by atoms with Gasteiger partial charge in [0.25, 0.3) is 15.9 Å². The van der Waals surface area contributed by atoms with E-state index in [-0.39, 0.29) is 38.6 Å². The Morgan fingerprint density at radius 2 is 1.58 bits per heavy atom. The van der Waals surface area contributed by atoms with Gasteiger partial charge in [0.1, 0.15) is 12.4 Å². The second-order valence-electron chi connectivity index (χ2n) is 9.33. The lowest BCUT2D eigenvalue weighted by Gasteiger charge is -2.25. The predicted molar refractivity (Wildman–Crippen MR) is 163 cm³/mol. The fraction of sp³-hybridized carbons (Fsp3) is 0.161. The molecule has 224 valence electrons. The number of nitrogens with zero attached hydrogens (tertiary/aromatic N) is 1. The van der Waals surface area contributed by atoms with Gasteiger partial charge in [0.2, 0.25) is 5.91 Å². The van der Waals surface area contributed by atoms with Crippen molar-refractivity contribution in [1.82, 2.24) is 5.32 Å². The molecule has 1 unspecified atom stereocenters. The monoisotopic (exact) mass is 625 g/mol. The second-order valence-corrected chi connectivity index (χ2v) is 11.6. The van der Waals surface area contributed by atoms with Crippen LogP contribution in [0.1, 0.15) is 28.9 Å². The second kappa shape index (κ2) is 13.6. The zero-order valence-electron chi connectivity index (χ0n) is 23.5. The Bertz CT molecular complexity index is 1740. The van der Waals surface area contributed by atoms with E-state index in [4.69, 9.17) is 21.1 Å². The van der Waals surface area contributed by atoms with Crippen LogP contribution < -0.4 is 24.4 Å². The molecule has 0 aromatic heterocycles. The molecule has 0 heterocycles. The molecule has 0 aliphatic carbocycles. The summed E-state index contributed by atoms with van der Waals surface area (Å²) in [6.45, 7) is 1.11. The highest BCUT2D eigenvalue weighted by Gasteiger charge is 2.29. The van der Waals surface area contributed by atoms with Crippen LogP contribution in [-0.2, 0) is 14.8 Å². The van der Waals surface area contributed by atoms with Gasteiger partial charge in [0.15, 0.2) is 11.5 Å². The number of carbonyl (C=O) groups is 2. The lowest BCUT2D eigenvalue weighted by molar-refractivity contribution is -0.114. The number of hydrogen-bond donors (Lipinski definition) is 2. The third-order valence-electron chi connectivity index (χ3n) is 6.51. The number of anilines is 2. The molecule has 12 heteroatoms. The normalized spacial score (nSPS) is 11.7. The molecule has 1 atom stereocenters. The Kier molecular flexibility index (Phi) is 9.89. The smallest absolute Gasteiger partial charge is 0.264 e. The van der Waals surface area contributed by atoms with Crippen molar-refractivity contribution in [3.8, 4) is 11.5 Å². The largest absolute Gasteiger partial charge is 0.493 e. The Balaban J connectivity index is 1.63. The standard InChI is InChI=1S/C31H29ClFN3O6S/c1-20(21-9-5-4-6-10-21)34-31(38)24-11-7-8-12-27(24)35-30(37)19-36(22-13-15-26(33)25(32)17-22)43(39,40)23-14-16-28(41-2)29(18-23)42-3/h4-18,20H,19H2,1-3H3,(H,34,38)(H,35,37). The van der Waals surface area contributed by atoms with Crippen LogP contribution in [0.3, 0.4) is 0 Å². The molecular formula is C31H29ClFN3O6S. The van der Waals surface area contributed by atoms with Crippen LogP contribution in [0.5, 0.6) is 11.5 Å². The van der Waals surface area contributed by atoms with Crippen molar-refractivity contribution in [3.05, 3.63) is 113 Å². The number of rotatable bonds is 11. The molecule has 0 saturated carbocycles. The first-order valence-electron chi connectivity index (χ1n) is 13.0. The lowest BCUT2D eigenvalue weighted by Crippen LogP contribution is -2.38. The molecule has 4 rings (SSSR count). The summed E-state index contributed by atoms with van der Waals surface area (Å²) in [4.78, 5) is 26.3. The Hall–Kier alpha value is -4.61. The predicted octanol–water partition coefficient (Wildman–Crippen LogP) is 5.82. The zero-order chi connectivity index (χ0) is 31.1. The number of nitrogens with one attached hydrogen (secondary N) is 2. The van der Waals surface area contributed by atoms with Gasteiger partial charge >= 0.3 is 0 Å². The van der Waals surface area contributed by atoms with Crippen molar-refractivity contribution in [3.63, 3.8) is 0 Å². The van der Waals surface area contributed by atoms with Crippen LogP contribution in [0.2, 0.25) is 5.02 Å². The fourth-order valence-corrected chi connectivity index (χ4v) is 5.87. The van der Waals surface area contributed by atoms with Gasteiger partial charge in [-0.1, -0.05) is 54.1 Å². The van der Waals surface area contributed by atoms with Gasteiger partial charge in [-0.15, -0.1) is 0 Å². The third-order valence-corrected chi connectivity index (χ3v) is 8.57. The molecular weight excluding hydrogens is 597 g/mol. The van der Waals surface area contributed by atoms with Gasteiger partial charge in [-0.25, -0.2) is 12.8 Å². The Morgan fingerprint density at radius 1 is 0.907 bits per heavy atom. The van der Waals surface area contributed by atoms with E-state index in [9.17, 15) is 22.4 Å². The van der Waals surface area contributed by atoms with Crippen molar-refractivity contribution in [2.24, 2.45) is 0 Å². The number of benzene rings is 4. The van der Waals surface area contributed by atoms with Crippen molar-refractivity contribution < 1.29 is 31.9 Å². The molecule has 0 aliphatic rings. The maximum Gasteiger partial charge on any atom is 0.264 e. The Morgan fingerprint density at radius 3 is 2.26 bits per heavy atom. The first-order valence-corrected chi connectivity index (χ1v) is 14.8. The van der Waals surface area contributed by atoms with Crippen LogP contribution in [0, 0.1) is 5.82 Å². The van der Waals surface area contributed by atoms with Gasteiger partial charge < -0.3 is 20.1 Å². The minimum Gasteiger partial charge on any atom is -0.493 e. The van der Waals surface area contributed by atoms with Gasteiger partial charge in [-0.3, -0.25) is 13.9 Å². The summed E-state index contributed by atoms with van der Waals surface area (Å²) in [6, 6.07) is 22.6. The van der Waals surface area contributed by atoms with Crippen LogP contribution in [0.25, 0.3) is 0 Å². The van der Waals surface area contributed by atoms with Crippen LogP contribution in [0.4, 0.5) is 15.8 Å². The summed E-state index contributed by atoms with van der Waals surface area (Å²) < 4.78 is 52.9. The number of para-hydroxylation sites is 1. The van der Waals surface area contributed by atoms with Gasteiger partial charge in [0.05, 0.1) is 47.1 Å². The van der Waals surface area contributed by atoms with Gasteiger partial charge in [0, 0.05) is 6.07 Å². The average Bonchev–Trinajstić information content (AvgIpc) is 3.01. The van der Waals surface area contributed by atoms with E-state index in [1.54, 1.807) is 18.2 Å². The summed E-state index contributed by atoms with van der Waals surface area (Å²) in [5.74, 6) is -1.52. The number of carbonyl (C=O) groups excluding carboxylic acids is 2. The summed E-state index contributed by atoms with van der Waals surface area (Å²) in [6.07, 6.45) is 0. The van der Waals surface area contributed by atoms with E-state index in [0.29, 0.717) is 5.75 Å². The SMILES string of the molecule is COc1ccc(S(=O)(=O)N(CC(=O)Nc2ccccc2C(=O)NC(C)c2ccccc2)c2ccc(F)c(Cl)c2)cc1OC. The van der Waals surface area contributed by atoms with Crippen molar-refractivity contribution in [2.45, 2.75) is 17.9 Å². The van der Waals surface area contributed by atoms with E-state index >= 15 is 0 Å². The molecule has 0 radical (unpaired) electrons. The molecule has 9 nitrogen and oxygen atoms in total. The molecule has 0 spiro atoms. The molecule has 2 N–H and O–H groups in total. The fourth-order valence-electron chi connectivity index (χ4n) is 4.27. The number of sulfonamides is 1. The van der Waals surface area contributed by atoms with E-state index < -0.39 is 34.2 Å². The number of methoxy groups -OCH3 is 2. The highest BCUT2D eigenvalue weighted by Crippen LogP contribution is 2.33. The Labute approximate surface area is 254 Å². The molecule has 0 saturated heterocycles. The summed E-state index contributed by atoms with van der Waals surface area (Å²) >= 11 is 5.97. The summed E-state index contributed by atoms with van der Waals surface area (Å²) in [5.41, 5.74) is 1.19. The van der Waals surface area contributed by atoms with Crippen molar-refractivity contribution >= 4 is 44.8 Å².